The summed E-state index contributed by atoms with van der Waals surface area (Å²) < 4.78 is 38.6. The van der Waals surface area contributed by atoms with E-state index in [1.807, 2.05) is 13.8 Å². The van der Waals surface area contributed by atoms with E-state index in [4.69, 9.17) is 9.47 Å². The van der Waals surface area contributed by atoms with Crippen LogP contribution in [0.25, 0.3) is 0 Å². The van der Waals surface area contributed by atoms with Crippen molar-refractivity contribution < 1.29 is 17.9 Å². The minimum atomic E-state index is -3.64. The molecule has 28 heavy (non-hydrogen) atoms. The number of ether oxygens (including phenoxy) is 2. The molecule has 0 N–H and O–H groups in total. The molecule has 2 aliphatic rings. The molecule has 1 saturated heterocycles. The van der Waals surface area contributed by atoms with Gasteiger partial charge in [-0.25, -0.2) is 18.4 Å². The summed E-state index contributed by atoms with van der Waals surface area (Å²) in [5, 5.41) is 0. The molecule has 1 aromatic carbocycles. The summed E-state index contributed by atoms with van der Waals surface area (Å²) in [4.78, 5) is 11.4. The third kappa shape index (κ3) is 3.34. The van der Waals surface area contributed by atoms with Gasteiger partial charge in [0.05, 0.1) is 37.5 Å². The minimum absolute atomic E-state index is 0.252. The zero-order valence-corrected chi connectivity index (χ0v) is 17.1. The first-order chi connectivity index (χ1) is 13.4. The normalized spacial score (nSPS) is 17.6. The van der Waals surface area contributed by atoms with Crippen molar-refractivity contribution in [3.63, 3.8) is 0 Å². The highest BCUT2D eigenvalue weighted by atomic mass is 32.2. The molecule has 0 saturated carbocycles. The summed E-state index contributed by atoms with van der Waals surface area (Å²) in [5.74, 6) is 1.35. The Bertz CT molecular complexity index is 980. The lowest BCUT2D eigenvalue weighted by molar-refractivity contribution is 0.122. The van der Waals surface area contributed by atoms with Gasteiger partial charge in [0.25, 0.3) is 0 Å². The number of methoxy groups -OCH3 is 1. The second-order valence-corrected chi connectivity index (χ2v) is 9.04. The number of fused-ring (bicyclic) bond motifs is 1. The van der Waals surface area contributed by atoms with Gasteiger partial charge < -0.3 is 14.4 Å². The molecule has 0 aliphatic carbocycles. The van der Waals surface area contributed by atoms with Gasteiger partial charge in [-0.15, -0.1) is 0 Å². The van der Waals surface area contributed by atoms with Crippen molar-refractivity contribution >= 4 is 16.0 Å². The third-order valence-electron chi connectivity index (χ3n) is 5.18. The zero-order valence-electron chi connectivity index (χ0n) is 16.3. The molecule has 0 unspecified atom stereocenters. The number of sulfonamides is 1. The Morgan fingerprint density at radius 2 is 1.79 bits per heavy atom. The topological polar surface area (TPSA) is 84.9 Å². The number of nitrogens with zero attached hydrogens (tertiary/aromatic N) is 4. The maximum atomic E-state index is 13.2. The van der Waals surface area contributed by atoms with E-state index in [2.05, 4.69) is 14.9 Å². The van der Waals surface area contributed by atoms with Gasteiger partial charge in [-0.3, -0.25) is 0 Å². The fraction of sp³-hybridized carbons (Fsp3) is 0.474. The van der Waals surface area contributed by atoms with E-state index in [1.165, 1.54) is 4.31 Å². The van der Waals surface area contributed by atoms with Crippen LogP contribution in [0.3, 0.4) is 0 Å². The summed E-state index contributed by atoms with van der Waals surface area (Å²) in [5.41, 5.74) is 3.21. The predicted octanol–water partition coefficient (Wildman–Crippen LogP) is 1.64. The van der Waals surface area contributed by atoms with Crippen LogP contribution < -0.4 is 9.64 Å². The number of anilines is 1. The molecule has 1 aromatic heterocycles. The molecule has 0 amide bonds. The van der Waals surface area contributed by atoms with E-state index in [0.717, 1.165) is 35.5 Å². The number of hydrogen-bond acceptors (Lipinski definition) is 7. The minimum Gasteiger partial charge on any atom is -0.496 e. The highest BCUT2D eigenvalue weighted by molar-refractivity contribution is 7.89. The van der Waals surface area contributed by atoms with Gasteiger partial charge in [-0.1, -0.05) is 0 Å². The summed E-state index contributed by atoms with van der Waals surface area (Å²) >= 11 is 0. The van der Waals surface area contributed by atoms with Crippen LogP contribution in [0.1, 0.15) is 22.4 Å². The molecule has 150 valence electrons. The number of aromatic nitrogens is 2. The van der Waals surface area contributed by atoms with Crippen molar-refractivity contribution in [3.8, 4) is 5.75 Å². The number of rotatable bonds is 4. The van der Waals surface area contributed by atoms with Crippen LogP contribution in [0.5, 0.6) is 5.75 Å². The molecule has 4 rings (SSSR count). The van der Waals surface area contributed by atoms with Gasteiger partial charge in [-0.05, 0) is 37.1 Å². The molecule has 1 fully saturated rings. The standard InChI is InChI=1S/C19H24N4O4S/c1-13-8-16(9-14(2)18(13)26-3)28(24,25)23-11-15-10-20-19(21-17(15)12-23)22-4-6-27-7-5-22/h8-10H,4-7,11-12H2,1-3H3. The first-order valence-electron chi connectivity index (χ1n) is 9.23. The first-order valence-corrected chi connectivity index (χ1v) is 10.7. The molecule has 3 heterocycles. The van der Waals surface area contributed by atoms with Crippen molar-refractivity contribution in [1.82, 2.24) is 14.3 Å². The molecule has 2 aromatic rings. The van der Waals surface area contributed by atoms with Crippen molar-refractivity contribution in [2.45, 2.75) is 31.8 Å². The monoisotopic (exact) mass is 404 g/mol. The van der Waals surface area contributed by atoms with Crippen LogP contribution in [0.15, 0.2) is 23.2 Å². The predicted molar refractivity (Wildman–Crippen MR) is 104 cm³/mol. The van der Waals surface area contributed by atoms with Crippen molar-refractivity contribution in [1.29, 1.82) is 0 Å². The van der Waals surface area contributed by atoms with Crippen LogP contribution in [0.2, 0.25) is 0 Å². The maximum absolute atomic E-state index is 13.2. The molecular weight excluding hydrogens is 380 g/mol. The molecule has 0 radical (unpaired) electrons. The van der Waals surface area contributed by atoms with Crippen molar-refractivity contribution in [2.24, 2.45) is 0 Å². The third-order valence-corrected chi connectivity index (χ3v) is 6.95. The van der Waals surface area contributed by atoms with Gasteiger partial charge in [0, 0.05) is 31.4 Å². The van der Waals surface area contributed by atoms with E-state index >= 15 is 0 Å². The molecule has 0 spiro atoms. The summed E-state index contributed by atoms with van der Waals surface area (Å²) in [7, 11) is -2.05. The lowest BCUT2D eigenvalue weighted by Crippen LogP contribution is -2.37. The summed E-state index contributed by atoms with van der Waals surface area (Å²) in [6.45, 7) is 7.02. The fourth-order valence-electron chi connectivity index (χ4n) is 3.73. The van der Waals surface area contributed by atoms with Gasteiger partial charge in [0.2, 0.25) is 16.0 Å². The smallest absolute Gasteiger partial charge is 0.243 e. The van der Waals surface area contributed by atoms with Crippen molar-refractivity contribution in [2.75, 3.05) is 38.3 Å². The maximum Gasteiger partial charge on any atom is 0.243 e. The molecule has 0 atom stereocenters. The highest BCUT2D eigenvalue weighted by Crippen LogP contribution is 2.32. The highest BCUT2D eigenvalue weighted by Gasteiger charge is 2.33. The number of aryl methyl sites for hydroxylation is 2. The summed E-state index contributed by atoms with van der Waals surface area (Å²) in [6.07, 6.45) is 1.74. The average Bonchev–Trinajstić information content (AvgIpc) is 3.12. The molecule has 9 heteroatoms. The Kier molecular flexibility index (Phi) is 4.98. The van der Waals surface area contributed by atoms with Crippen LogP contribution >= 0.6 is 0 Å². The lowest BCUT2D eigenvalue weighted by atomic mass is 10.1. The Morgan fingerprint density at radius 1 is 1.11 bits per heavy atom. The Morgan fingerprint density at radius 3 is 2.43 bits per heavy atom. The van der Waals surface area contributed by atoms with E-state index in [1.54, 1.807) is 25.4 Å². The first kappa shape index (κ1) is 19.1. The van der Waals surface area contributed by atoms with E-state index < -0.39 is 10.0 Å². The SMILES string of the molecule is COc1c(C)cc(S(=O)(=O)N2Cc3cnc(N4CCOCC4)nc3C2)cc1C. The van der Waals surface area contributed by atoms with Crippen molar-refractivity contribution in [3.05, 3.63) is 40.7 Å². The Labute approximate surface area is 165 Å². The van der Waals surface area contributed by atoms with Crippen LogP contribution in [0.4, 0.5) is 5.95 Å². The largest absolute Gasteiger partial charge is 0.496 e. The second kappa shape index (κ2) is 7.31. The molecular formula is C19H24N4O4S. The quantitative estimate of drug-likeness (QED) is 0.766. The number of benzene rings is 1. The van der Waals surface area contributed by atoms with E-state index in [9.17, 15) is 8.42 Å². The molecule has 0 bridgehead atoms. The van der Waals surface area contributed by atoms with E-state index in [-0.39, 0.29) is 18.0 Å². The number of morpholine rings is 1. The molecule has 8 nitrogen and oxygen atoms in total. The fourth-order valence-corrected chi connectivity index (χ4v) is 5.28. The van der Waals surface area contributed by atoms with Gasteiger partial charge in [0.1, 0.15) is 5.75 Å². The zero-order chi connectivity index (χ0) is 19.9. The van der Waals surface area contributed by atoms with Gasteiger partial charge in [-0.2, -0.15) is 4.31 Å². The number of hydrogen-bond donors (Lipinski definition) is 0. The molecule has 2 aliphatic heterocycles. The average molecular weight is 404 g/mol. The van der Waals surface area contributed by atoms with Gasteiger partial charge in [0.15, 0.2) is 0 Å². The summed E-state index contributed by atoms with van der Waals surface area (Å²) in [6, 6.07) is 3.32. The van der Waals surface area contributed by atoms with Crippen LogP contribution in [-0.4, -0.2) is 56.1 Å². The van der Waals surface area contributed by atoms with Crippen LogP contribution in [-0.2, 0) is 27.8 Å². The van der Waals surface area contributed by atoms with Crippen LogP contribution in [0, 0.1) is 13.8 Å². The van der Waals surface area contributed by atoms with E-state index in [0.29, 0.717) is 24.9 Å². The Balaban J connectivity index is 1.60. The Hall–Kier alpha value is -2.23. The second-order valence-electron chi connectivity index (χ2n) is 7.10. The lowest BCUT2D eigenvalue weighted by Gasteiger charge is -2.26. The van der Waals surface area contributed by atoms with Gasteiger partial charge >= 0.3 is 0 Å².